The molecule has 0 aliphatic carbocycles. The average Bonchev–Trinajstić information content (AvgIpc) is 3.05. The van der Waals surface area contributed by atoms with Gasteiger partial charge in [-0.3, -0.25) is 4.79 Å². The van der Waals surface area contributed by atoms with Crippen LogP contribution in [-0.4, -0.2) is 40.7 Å². The zero-order valence-corrected chi connectivity index (χ0v) is 14.5. The van der Waals surface area contributed by atoms with Crippen molar-refractivity contribution in [2.24, 2.45) is 0 Å². The number of benzene rings is 1. The van der Waals surface area contributed by atoms with Crippen LogP contribution in [0.4, 0.5) is 0 Å². The molecule has 0 spiro atoms. The molecule has 24 heavy (non-hydrogen) atoms. The minimum absolute atomic E-state index is 0.00136. The highest BCUT2D eigenvalue weighted by Crippen LogP contribution is 2.24. The van der Waals surface area contributed by atoms with E-state index in [-0.39, 0.29) is 24.3 Å². The highest BCUT2D eigenvalue weighted by atomic mass is 35.5. The van der Waals surface area contributed by atoms with E-state index in [9.17, 15) is 4.79 Å². The Labute approximate surface area is 145 Å². The van der Waals surface area contributed by atoms with E-state index >= 15 is 0 Å². The number of hydrogen-bond donors (Lipinski definition) is 0. The first-order chi connectivity index (χ1) is 11.5. The van der Waals surface area contributed by atoms with Crippen molar-refractivity contribution in [2.45, 2.75) is 32.2 Å². The molecule has 1 aliphatic heterocycles. The summed E-state index contributed by atoms with van der Waals surface area (Å²) in [6.07, 6.45) is 0.284. The van der Waals surface area contributed by atoms with Crippen LogP contribution in [0.5, 0.6) is 0 Å². The number of halogens is 1. The van der Waals surface area contributed by atoms with Crippen LogP contribution in [0.25, 0.3) is 0 Å². The second-order valence-corrected chi connectivity index (χ2v) is 6.57. The van der Waals surface area contributed by atoms with E-state index in [1.54, 1.807) is 17.0 Å². The summed E-state index contributed by atoms with van der Waals surface area (Å²) in [5.74, 6) is 1.21. The van der Waals surface area contributed by atoms with Crippen LogP contribution >= 0.6 is 11.6 Å². The molecule has 0 unspecified atom stereocenters. The van der Waals surface area contributed by atoms with Crippen molar-refractivity contribution in [2.75, 3.05) is 19.8 Å². The van der Waals surface area contributed by atoms with Gasteiger partial charge in [-0.25, -0.2) is 0 Å². The Bertz CT molecular complexity index is 717. The molecule has 1 aromatic carbocycles. The predicted molar refractivity (Wildman–Crippen MR) is 88.8 cm³/mol. The lowest BCUT2D eigenvalue weighted by atomic mass is 10.1. The topological polar surface area (TPSA) is 68.5 Å². The Morgan fingerprint density at radius 2 is 2.29 bits per heavy atom. The Morgan fingerprint density at radius 1 is 1.46 bits per heavy atom. The molecule has 3 rings (SSSR count). The van der Waals surface area contributed by atoms with Crippen LogP contribution in [0, 0.1) is 0 Å². The predicted octanol–water partition coefficient (Wildman–Crippen LogP) is 2.99. The molecule has 1 atom stereocenters. The summed E-state index contributed by atoms with van der Waals surface area (Å²) in [5, 5.41) is 4.66. The lowest BCUT2D eigenvalue weighted by Crippen LogP contribution is -2.44. The van der Waals surface area contributed by atoms with E-state index in [0.29, 0.717) is 36.5 Å². The number of ether oxygens (including phenoxy) is 1. The number of nitrogens with zero attached hydrogens (tertiary/aromatic N) is 3. The minimum atomic E-state index is -0.318. The lowest BCUT2D eigenvalue weighted by Gasteiger charge is -2.33. The van der Waals surface area contributed by atoms with Crippen molar-refractivity contribution in [1.29, 1.82) is 0 Å². The fraction of sp³-hybridized carbons (Fsp3) is 0.471. The first-order valence-corrected chi connectivity index (χ1v) is 8.37. The molecule has 0 N–H and O–H groups in total. The van der Waals surface area contributed by atoms with Gasteiger partial charge in [0.15, 0.2) is 5.82 Å². The normalized spacial score (nSPS) is 18.2. The maximum atomic E-state index is 12.7. The van der Waals surface area contributed by atoms with Crippen LogP contribution in [0.3, 0.4) is 0 Å². The molecule has 0 bridgehead atoms. The fourth-order valence-electron chi connectivity index (χ4n) is 2.66. The number of morpholine rings is 1. The molecular formula is C17H20ClN3O3. The van der Waals surface area contributed by atoms with Gasteiger partial charge in [-0.15, -0.1) is 0 Å². The molecule has 7 heteroatoms. The molecule has 6 nitrogen and oxygen atoms in total. The highest BCUT2D eigenvalue weighted by molar-refractivity contribution is 6.30. The molecule has 2 heterocycles. The molecule has 1 aliphatic rings. The largest absolute Gasteiger partial charge is 0.377 e. The molecule has 2 aromatic rings. The van der Waals surface area contributed by atoms with Gasteiger partial charge in [0.25, 0.3) is 0 Å². The van der Waals surface area contributed by atoms with Crippen LogP contribution in [0.2, 0.25) is 5.02 Å². The van der Waals surface area contributed by atoms with Gasteiger partial charge < -0.3 is 14.2 Å². The van der Waals surface area contributed by atoms with Crippen LogP contribution in [-0.2, 0) is 16.0 Å². The van der Waals surface area contributed by atoms with Crippen molar-refractivity contribution in [1.82, 2.24) is 15.0 Å². The molecule has 1 aromatic heterocycles. The Hall–Kier alpha value is -1.92. The zero-order valence-electron chi connectivity index (χ0n) is 13.7. The van der Waals surface area contributed by atoms with Gasteiger partial charge in [-0.1, -0.05) is 42.7 Å². The third-order valence-electron chi connectivity index (χ3n) is 3.94. The van der Waals surface area contributed by atoms with E-state index in [4.69, 9.17) is 20.9 Å². The summed E-state index contributed by atoms with van der Waals surface area (Å²) in [6, 6.07) is 7.02. The monoisotopic (exact) mass is 349 g/mol. The summed E-state index contributed by atoms with van der Waals surface area (Å²) < 4.78 is 10.8. The van der Waals surface area contributed by atoms with Gasteiger partial charge in [0.1, 0.15) is 6.04 Å². The van der Waals surface area contributed by atoms with Gasteiger partial charge in [0.2, 0.25) is 11.8 Å². The van der Waals surface area contributed by atoms with E-state index in [0.717, 1.165) is 5.56 Å². The summed E-state index contributed by atoms with van der Waals surface area (Å²) >= 11 is 5.99. The third-order valence-corrected chi connectivity index (χ3v) is 4.18. The van der Waals surface area contributed by atoms with Crippen molar-refractivity contribution in [3.05, 3.63) is 46.6 Å². The number of carbonyl (C=O) groups is 1. The van der Waals surface area contributed by atoms with E-state index in [1.807, 2.05) is 26.0 Å². The second-order valence-electron chi connectivity index (χ2n) is 6.13. The molecule has 1 amide bonds. The Morgan fingerprint density at radius 3 is 3.00 bits per heavy atom. The van der Waals surface area contributed by atoms with Crippen LogP contribution < -0.4 is 0 Å². The molecular weight excluding hydrogens is 330 g/mol. The number of carbonyl (C=O) groups excluding carboxylic acids is 1. The molecule has 0 radical (unpaired) electrons. The smallest absolute Gasteiger partial charge is 0.229 e. The number of amides is 1. The summed E-state index contributed by atoms with van der Waals surface area (Å²) in [6.45, 7) is 5.36. The number of hydrogen-bond acceptors (Lipinski definition) is 5. The average molecular weight is 350 g/mol. The van der Waals surface area contributed by atoms with Gasteiger partial charge >= 0.3 is 0 Å². The number of aromatic nitrogens is 2. The quantitative estimate of drug-likeness (QED) is 0.848. The maximum absolute atomic E-state index is 12.7. The first kappa shape index (κ1) is 16.9. The fourth-order valence-corrected chi connectivity index (χ4v) is 2.87. The van der Waals surface area contributed by atoms with Crippen molar-refractivity contribution >= 4 is 17.5 Å². The van der Waals surface area contributed by atoms with Gasteiger partial charge in [-0.05, 0) is 17.7 Å². The highest BCUT2D eigenvalue weighted by Gasteiger charge is 2.32. The zero-order chi connectivity index (χ0) is 17.1. The summed E-state index contributed by atoms with van der Waals surface area (Å²) in [7, 11) is 0. The minimum Gasteiger partial charge on any atom is -0.377 e. The third kappa shape index (κ3) is 3.76. The maximum Gasteiger partial charge on any atom is 0.229 e. The summed E-state index contributed by atoms with van der Waals surface area (Å²) in [5.41, 5.74) is 0.883. The van der Waals surface area contributed by atoms with Gasteiger partial charge in [-0.2, -0.15) is 4.98 Å². The van der Waals surface area contributed by atoms with Crippen molar-refractivity contribution < 1.29 is 14.1 Å². The van der Waals surface area contributed by atoms with Crippen molar-refractivity contribution in [3.8, 4) is 0 Å². The first-order valence-electron chi connectivity index (χ1n) is 7.99. The Balaban J connectivity index is 1.77. The van der Waals surface area contributed by atoms with Crippen LogP contribution in [0.15, 0.2) is 28.8 Å². The van der Waals surface area contributed by atoms with Gasteiger partial charge in [0.05, 0.1) is 19.6 Å². The van der Waals surface area contributed by atoms with Gasteiger partial charge in [0, 0.05) is 17.5 Å². The van der Waals surface area contributed by atoms with E-state index < -0.39 is 0 Å². The standard InChI is InChI=1S/C17H20ClN3O3/c1-11(2)17-19-16(20-24-17)14-10-23-7-6-21(14)15(22)9-12-4-3-5-13(18)8-12/h3-5,8,11,14H,6-7,9-10H2,1-2H3/t14-/m1/s1. The molecule has 1 saturated heterocycles. The second kappa shape index (κ2) is 7.32. The molecule has 0 saturated carbocycles. The SMILES string of the molecule is CC(C)c1nc([C@H]2COCCN2C(=O)Cc2cccc(Cl)c2)no1. The summed E-state index contributed by atoms with van der Waals surface area (Å²) in [4.78, 5) is 18.9. The molecule has 1 fully saturated rings. The molecule has 128 valence electrons. The Kier molecular flexibility index (Phi) is 5.16. The lowest BCUT2D eigenvalue weighted by molar-refractivity contribution is -0.139. The van der Waals surface area contributed by atoms with E-state index in [2.05, 4.69) is 10.1 Å². The van der Waals surface area contributed by atoms with E-state index in [1.165, 1.54) is 0 Å². The van der Waals surface area contributed by atoms with Crippen LogP contribution in [0.1, 0.15) is 43.1 Å². The number of rotatable bonds is 4. The van der Waals surface area contributed by atoms with Crippen molar-refractivity contribution in [3.63, 3.8) is 0 Å².